The first-order chi connectivity index (χ1) is 11.0. The Morgan fingerprint density at radius 1 is 1.35 bits per heavy atom. The second-order valence-electron chi connectivity index (χ2n) is 4.56. The first-order valence-corrected chi connectivity index (χ1v) is 6.88. The molecule has 0 heterocycles. The second kappa shape index (κ2) is 7.37. The molecule has 0 aromatic heterocycles. The molecule has 0 radical (unpaired) electrons. The summed E-state index contributed by atoms with van der Waals surface area (Å²) in [5.41, 5.74) is 2.74. The lowest BCUT2D eigenvalue weighted by Crippen LogP contribution is -2.20. The van der Waals surface area contributed by atoms with E-state index < -0.39 is 10.8 Å². The Morgan fingerprint density at radius 3 is 2.83 bits per heavy atom. The summed E-state index contributed by atoms with van der Waals surface area (Å²) in [6.45, 7) is 0. The van der Waals surface area contributed by atoms with Crippen molar-refractivity contribution in [1.82, 2.24) is 5.43 Å². The number of aromatic hydroxyl groups is 1. The molecule has 2 aromatic carbocycles. The molecule has 0 aliphatic rings. The average Bonchev–Trinajstić information content (AvgIpc) is 2.51. The zero-order valence-corrected chi connectivity index (χ0v) is 12.5. The first kappa shape index (κ1) is 16.4. The number of rotatable bonds is 5. The van der Waals surface area contributed by atoms with Gasteiger partial charge in [0, 0.05) is 22.2 Å². The maximum atomic E-state index is 11.8. The van der Waals surface area contributed by atoms with Gasteiger partial charge >= 0.3 is 0 Å². The summed E-state index contributed by atoms with van der Waals surface area (Å²) >= 11 is 5.79. The highest BCUT2D eigenvalue weighted by molar-refractivity contribution is 6.30. The molecule has 2 rings (SSSR count). The van der Waals surface area contributed by atoms with E-state index in [2.05, 4.69) is 10.5 Å². The van der Waals surface area contributed by atoms with Crippen molar-refractivity contribution in [1.29, 1.82) is 0 Å². The number of phenols is 1. The third kappa shape index (κ3) is 4.52. The number of hydrogen-bond donors (Lipinski definition) is 2. The number of halogens is 1. The molecule has 0 aliphatic heterocycles. The van der Waals surface area contributed by atoms with Crippen LogP contribution in [0.1, 0.15) is 11.1 Å². The smallest absolute Gasteiger partial charge is 0.273 e. The average molecular weight is 334 g/mol. The van der Waals surface area contributed by atoms with Gasteiger partial charge in [0.15, 0.2) is 0 Å². The summed E-state index contributed by atoms with van der Waals surface area (Å²) in [5, 5.41) is 24.6. The molecule has 0 saturated carbocycles. The Labute approximate surface area is 136 Å². The van der Waals surface area contributed by atoms with Gasteiger partial charge in [0.05, 0.1) is 17.6 Å². The quantitative estimate of drug-likeness (QED) is 0.498. The molecular weight excluding hydrogens is 322 g/mol. The van der Waals surface area contributed by atoms with Gasteiger partial charge in [0.1, 0.15) is 5.75 Å². The van der Waals surface area contributed by atoms with Crippen molar-refractivity contribution >= 4 is 29.4 Å². The minimum atomic E-state index is -0.546. The van der Waals surface area contributed by atoms with Gasteiger partial charge in [-0.25, -0.2) is 5.43 Å². The number of nitrogens with zero attached hydrogens (tertiary/aromatic N) is 2. The van der Waals surface area contributed by atoms with E-state index in [0.29, 0.717) is 10.6 Å². The van der Waals surface area contributed by atoms with Crippen molar-refractivity contribution in [2.75, 3.05) is 0 Å². The van der Waals surface area contributed by atoms with E-state index in [1.54, 1.807) is 6.07 Å². The van der Waals surface area contributed by atoms with Gasteiger partial charge in [-0.3, -0.25) is 14.9 Å². The van der Waals surface area contributed by atoms with Crippen LogP contribution in [0.3, 0.4) is 0 Å². The zero-order valence-electron chi connectivity index (χ0n) is 11.8. The fourth-order valence-corrected chi connectivity index (χ4v) is 2.03. The maximum absolute atomic E-state index is 11.8. The van der Waals surface area contributed by atoms with Crippen molar-refractivity contribution in [2.24, 2.45) is 5.10 Å². The molecule has 0 unspecified atom stereocenters. The fourth-order valence-electron chi connectivity index (χ4n) is 1.85. The summed E-state index contributed by atoms with van der Waals surface area (Å²) in [7, 11) is 0. The van der Waals surface area contributed by atoms with Crippen LogP contribution in [0, 0.1) is 10.1 Å². The number of phenolic OH excluding ortho intramolecular Hbond substituents is 1. The summed E-state index contributed by atoms with van der Waals surface area (Å²) in [6, 6.07) is 10.4. The van der Waals surface area contributed by atoms with E-state index in [9.17, 15) is 20.0 Å². The van der Waals surface area contributed by atoms with Gasteiger partial charge in [-0.1, -0.05) is 29.8 Å². The van der Waals surface area contributed by atoms with E-state index in [0.717, 1.165) is 0 Å². The Morgan fingerprint density at radius 2 is 2.09 bits per heavy atom. The van der Waals surface area contributed by atoms with Crippen molar-refractivity contribution in [3.05, 3.63) is 68.7 Å². The van der Waals surface area contributed by atoms with E-state index in [1.165, 1.54) is 42.6 Å². The molecule has 0 saturated heterocycles. The number of amides is 1. The number of para-hydroxylation sites is 1. The molecule has 8 heteroatoms. The number of hydrazone groups is 1. The number of nitro benzene ring substituents is 1. The highest BCUT2D eigenvalue weighted by atomic mass is 35.5. The van der Waals surface area contributed by atoms with E-state index in [-0.39, 0.29) is 23.4 Å². The largest absolute Gasteiger partial charge is 0.507 e. The molecule has 1 amide bonds. The highest BCUT2D eigenvalue weighted by Gasteiger charge is 2.15. The van der Waals surface area contributed by atoms with Crippen molar-refractivity contribution in [3.63, 3.8) is 0 Å². The maximum Gasteiger partial charge on any atom is 0.273 e. The van der Waals surface area contributed by atoms with Gasteiger partial charge in [-0.2, -0.15) is 5.10 Å². The van der Waals surface area contributed by atoms with Crippen LogP contribution in [-0.4, -0.2) is 22.2 Å². The molecule has 0 bridgehead atoms. The van der Waals surface area contributed by atoms with Crippen LogP contribution in [0.15, 0.2) is 47.6 Å². The summed E-state index contributed by atoms with van der Waals surface area (Å²) in [4.78, 5) is 22.1. The van der Waals surface area contributed by atoms with E-state index >= 15 is 0 Å². The summed E-state index contributed by atoms with van der Waals surface area (Å²) in [5.74, 6) is -0.553. The Kier molecular flexibility index (Phi) is 5.27. The lowest BCUT2D eigenvalue weighted by molar-refractivity contribution is -0.385. The summed E-state index contributed by atoms with van der Waals surface area (Å²) < 4.78 is 0. The molecule has 7 nitrogen and oxygen atoms in total. The number of benzene rings is 2. The molecule has 0 spiro atoms. The van der Waals surface area contributed by atoms with Crippen molar-refractivity contribution < 1.29 is 14.8 Å². The minimum Gasteiger partial charge on any atom is -0.507 e. The molecular formula is C15H12ClN3O4. The molecule has 0 fully saturated rings. The minimum absolute atomic E-state index is 0.0360. The third-order valence-electron chi connectivity index (χ3n) is 2.92. The van der Waals surface area contributed by atoms with Crippen molar-refractivity contribution in [2.45, 2.75) is 6.42 Å². The topological polar surface area (TPSA) is 105 Å². The van der Waals surface area contributed by atoms with Crippen LogP contribution >= 0.6 is 11.6 Å². The highest BCUT2D eigenvalue weighted by Crippen LogP contribution is 2.20. The molecule has 2 N–H and O–H groups in total. The molecule has 2 aromatic rings. The number of carbonyl (C=O) groups excluding carboxylic acids is 1. The van der Waals surface area contributed by atoms with Crippen LogP contribution in [-0.2, 0) is 11.2 Å². The predicted octanol–water partition coefficient (Wildman–Crippen LogP) is 2.65. The van der Waals surface area contributed by atoms with Crippen LogP contribution in [0.5, 0.6) is 5.75 Å². The van der Waals surface area contributed by atoms with Gasteiger partial charge in [-0.15, -0.1) is 0 Å². The molecule has 0 atom stereocenters. The van der Waals surface area contributed by atoms with E-state index in [4.69, 9.17) is 11.6 Å². The molecule has 23 heavy (non-hydrogen) atoms. The normalized spacial score (nSPS) is 10.7. The van der Waals surface area contributed by atoms with Gasteiger partial charge < -0.3 is 5.11 Å². The second-order valence-corrected chi connectivity index (χ2v) is 5.00. The Bertz CT molecular complexity index is 777. The van der Waals surface area contributed by atoms with Gasteiger partial charge in [0.25, 0.3) is 5.69 Å². The van der Waals surface area contributed by atoms with Gasteiger partial charge in [0.2, 0.25) is 5.91 Å². The predicted molar refractivity (Wildman–Crippen MR) is 85.7 cm³/mol. The number of hydrogen-bond acceptors (Lipinski definition) is 5. The Balaban J connectivity index is 2.02. The number of nitrogens with one attached hydrogen (secondary N) is 1. The van der Waals surface area contributed by atoms with Crippen LogP contribution in [0.2, 0.25) is 5.02 Å². The fraction of sp³-hybridized carbons (Fsp3) is 0.0667. The Hall–Kier alpha value is -2.93. The zero-order chi connectivity index (χ0) is 16.8. The SMILES string of the molecule is O=C(Cc1ccccc1[N+](=O)[O-])N/N=C/c1cc(Cl)ccc1O. The molecule has 0 aliphatic carbocycles. The van der Waals surface area contributed by atoms with Gasteiger partial charge in [-0.05, 0) is 18.2 Å². The van der Waals surface area contributed by atoms with Crippen molar-refractivity contribution in [3.8, 4) is 5.75 Å². The van der Waals surface area contributed by atoms with Crippen LogP contribution in [0.25, 0.3) is 0 Å². The summed E-state index contributed by atoms with van der Waals surface area (Å²) in [6.07, 6.45) is 1.05. The lowest BCUT2D eigenvalue weighted by Gasteiger charge is -2.02. The lowest BCUT2D eigenvalue weighted by atomic mass is 10.1. The number of carbonyl (C=O) groups is 1. The standard InChI is InChI=1S/C15H12ClN3O4/c16-12-5-6-14(20)11(7-12)9-17-18-15(21)8-10-3-1-2-4-13(10)19(22)23/h1-7,9,20H,8H2,(H,18,21)/b17-9+. The van der Waals surface area contributed by atoms with Crippen LogP contribution < -0.4 is 5.43 Å². The molecule has 118 valence electrons. The number of nitro groups is 1. The monoisotopic (exact) mass is 333 g/mol. The van der Waals surface area contributed by atoms with Crippen LogP contribution in [0.4, 0.5) is 5.69 Å². The first-order valence-electron chi connectivity index (χ1n) is 6.50. The third-order valence-corrected chi connectivity index (χ3v) is 3.16. The van der Waals surface area contributed by atoms with E-state index in [1.807, 2.05) is 0 Å².